The molecule has 0 aliphatic carbocycles. The molecular formula is C22H22N2O5. The molecule has 0 saturated carbocycles. The first-order chi connectivity index (χ1) is 13.9. The van der Waals surface area contributed by atoms with Crippen molar-refractivity contribution in [1.82, 2.24) is 5.32 Å². The fourth-order valence-corrected chi connectivity index (χ4v) is 2.58. The molecule has 0 fully saturated rings. The van der Waals surface area contributed by atoms with E-state index in [1.165, 1.54) is 6.07 Å². The second-order valence-electron chi connectivity index (χ2n) is 6.97. The maximum absolute atomic E-state index is 12.1. The van der Waals surface area contributed by atoms with E-state index in [0.29, 0.717) is 35.0 Å². The molecule has 3 rings (SSSR count). The van der Waals surface area contributed by atoms with Gasteiger partial charge in [-0.05, 0) is 48.4 Å². The fraction of sp³-hybridized carbons (Fsp3) is 0.227. The molecule has 0 spiro atoms. The summed E-state index contributed by atoms with van der Waals surface area (Å²) in [5.74, 6) is 0.287. The van der Waals surface area contributed by atoms with Crippen molar-refractivity contribution >= 4 is 28.5 Å². The van der Waals surface area contributed by atoms with Crippen molar-refractivity contribution in [2.24, 2.45) is 5.92 Å². The Labute approximate surface area is 167 Å². The fourth-order valence-electron chi connectivity index (χ4n) is 2.58. The highest BCUT2D eigenvalue weighted by Gasteiger charge is 2.08. The van der Waals surface area contributed by atoms with Gasteiger partial charge in [-0.3, -0.25) is 9.59 Å². The summed E-state index contributed by atoms with van der Waals surface area (Å²) >= 11 is 0. The van der Waals surface area contributed by atoms with Gasteiger partial charge in [-0.1, -0.05) is 13.8 Å². The third-order valence-corrected chi connectivity index (χ3v) is 4.07. The maximum Gasteiger partial charge on any atom is 0.336 e. The second kappa shape index (κ2) is 9.05. The van der Waals surface area contributed by atoms with Crippen LogP contribution in [0.1, 0.15) is 24.2 Å². The van der Waals surface area contributed by atoms with Crippen LogP contribution in [-0.2, 0) is 4.79 Å². The van der Waals surface area contributed by atoms with E-state index in [-0.39, 0.29) is 18.4 Å². The van der Waals surface area contributed by atoms with Gasteiger partial charge < -0.3 is 19.8 Å². The van der Waals surface area contributed by atoms with Gasteiger partial charge in [0.15, 0.2) is 6.61 Å². The third-order valence-electron chi connectivity index (χ3n) is 4.07. The van der Waals surface area contributed by atoms with E-state index in [1.54, 1.807) is 48.5 Å². The van der Waals surface area contributed by atoms with Gasteiger partial charge in [-0.2, -0.15) is 0 Å². The Kier molecular flexibility index (Phi) is 6.29. The van der Waals surface area contributed by atoms with Gasteiger partial charge in [0.25, 0.3) is 11.8 Å². The first kappa shape index (κ1) is 20.1. The van der Waals surface area contributed by atoms with Crippen molar-refractivity contribution in [3.63, 3.8) is 0 Å². The Morgan fingerprint density at radius 2 is 1.76 bits per heavy atom. The SMILES string of the molecule is CC(C)CNC(=O)c1ccc(NC(=O)COc2ccc3ccc(=O)oc3c2)cc1. The van der Waals surface area contributed by atoms with Crippen LogP contribution in [0.3, 0.4) is 0 Å². The van der Waals surface area contributed by atoms with E-state index in [2.05, 4.69) is 10.6 Å². The number of hydrogen-bond donors (Lipinski definition) is 2. The number of fused-ring (bicyclic) bond motifs is 1. The van der Waals surface area contributed by atoms with Crippen molar-refractivity contribution in [1.29, 1.82) is 0 Å². The van der Waals surface area contributed by atoms with Gasteiger partial charge in [0.05, 0.1) is 0 Å². The molecule has 0 saturated heterocycles. The van der Waals surface area contributed by atoms with Crippen LogP contribution in [0.15, 0.2) is 63.8 Å². The molecule has 1 heterocycles. The first-order valence-corrected chi connectivity index (χ1v) is 9.25. The summed E-state index contributed by atoms with van der Waals surface area (Å²) in [6.45, 7) is 4.44. The van der Waals surface area contributed by atoms with E-state index in [0.717, 1.165) is 5.39 Å². The average Bonchev–Trinajstić information content (AvgIpc) is 2.70. The molecule has 3 aromatic rings. The molecule has 0 unspecified atom stereocenters. The topological polar surface area (TPSA) is 97.6 Å². The van der Waals surface area contributed by atoms with E-state index >= 15 is 0 Å². The van der Waals surface area contributed by atoms with Crippen molar-refractivity contribution in [2.45, 2.75) is 13.8 Å². The molecule has 0 bridgehead atoms. The molecule has 29 heavy (non-hydrogen) atoms. The predicted octanol–water partition coefficient (Wildman–Crippen LogP) is 3.20. The van der Waals surface area contributed by atoms with E-state index in [4.69, 9.17) is 9.15 Å². The molecule has 7 heteroatoms. The molecule has 7 nitrogen and oxygen atoms in total. The van der Waals surface area contributed by atoms with Crippen molar-refractivity contribution in [3.05, 3.63) is 70.6 Å². The van der Waals surface area contributed by atoms with Gasteiger partial charge in [-0.15, -0.1) is 0 Å². The van der Waals surface area contributed by atoms with Crippen LogP contribution >= 0.6 is 0 Å². The Balaban J connectivity index is 1.54. The highest BCUT2D eigenvalue weighted by Crippen LogP contribution is 2.19. The van der Waals surface area contributed by atoms with Crippen LogP contribution in [0.4, 0.5) is 5.69 Å². The molecule has 1 aromatic heterocycles. The minimum atomic E-state index is -0.450. The van der Waals surface area contributed by atoms with E-state index in [1.807, 2.05) is 13.8 Å². The molecule has 0 radical (unpaired) electrons. The maximum atomic E-state index is 12.1. The smallest absolute Gasteiger partial charge is 0.336 e. The number of ether oxygens (including phenoxy) is 1. The van der Waals surface area contributed by atoms with Crippen LogP contribution in [-0.4, -0.2) is 25.0 Å². The van der Waals surface area contributed by atoms with Crippen molar-refractivity contribution in [3.8, 4) is 5.75 Å². The van der Waals surface area contributed by atoms with Crippen LogP contribution < -0.4 is 21.0 Å². The standard InChI is InChI=1S/C22H22N2O5/c1-14(2)12-23-22(27)16-3-7-17(8-4-16)24-20(25)13-28-18-9-5-15-6-10-21(26)29-19(15)11-18/h3-11,14H,12-13H2,1-2H3,(H,23,27)(H,24,25). The summed E-state index contributed by atoms with van der Waals surface area (Å²) in [6, 6.07) is 14.6. The normalized spacial score (nSPS) is 10.7. The lowest BCUT2D eigenvalue weighted by Gasteiger charge is -2.10. The first-order valence-electron chi connectivity index (χ1n) is 9.25. The Bertz CT molecular complexity index is 1070. The van der Waals surface area contributed by atoms with Gasteiger partial charge in [0.2, 0.25) is 0 Å². The molecule has 150 valence electrons. The number of carbonyl (C=O) groups is 2. The number of anilines is 1. The predicted molar refractivity (Wildman–Crippen MR) is 110 cm³/mol. The number of carbonyl (C=O) groups excluding carboxylic acids is 2. The van der Waals surface area contributed by atoms with Crippen molar-refractivity contribution in [2.75, 3.05) is 18.5 Å². The lowest BCUT2D eigenvalue weighted by atomic mass is 10.1. The number of hydrogen-bond acceptors (Lipinski definition) is 5. The summed E-state index contributed by atoms with van der Waals surface area (Å²) in [7, 11) is 0. The molecular weight excluding hydrogens is 372 g/mol. The number of benzene rings is 2. The Morgan fingerprint density at radius 1 is 1.03 bits per heavy atom. The minimum Gasteiger partial charge on any atom is -0.484 e. The van der Waals surface area contributed by atoms with Crippen LogP contribution in [0, 0.1) is 5.92 Å². The number of amides is 2. The summed E-state index contributed by atoms with van der Waals surface area (Å²) in [5, 5.41) is 6.31. The Morgan fingerprint density at radius 3 is 2.48 bits per heavy atom. The molecule has 2 amide bonds. The van der Waals surface area contributed by atoms with E-state index < -0.39 is 5.63 Å². The number of rotatable bonds is 7. The summed E-state index contributed by atoms with van der Waals surface area (Å²) in [4.78, 5) is 35.4. The highest BCUT2D eigenvalue weighted by atomic mass is 16.5. The van der Waals surface area contributed by atoms with Crippen LogP contribution in [0.5, 0.6) is 5.75 Å². The van der Waals surface area contributed by atoms with Crippen LogP contribution in [0.25, 0.3) is 11.0 Å². The minimum absolute atomic E-state index is 0.150. The lowest BCUT2D eigenvalue weighted by molar-refractivity contribution is -0.118. The van der Waals surface area contributed by atoms with Gasteiger partial charge >= 0.3 is 5.63 Å². The molecule has 0 aliphatic rings. The molecule has 0 atom stereocenters. The third kappa shape index (κ3) is 5.68. The quantitative estimate of drug-likeness (QED) is 0.600. The zero-order valence-electron chi connectivity index (χ0n) is 16.2. The summed E-state index contributed by atoms with van der Waals surface area (Å²) in [5.41, 5.74) is 1.02. The molecule has 2 aromatic carbocycles. The van der Waals surface area contributed by atoms with Crippen molar-refractivity contribution < 1.29 is 18.7 Å². The average molecular weight is 394 g/mol. The number of nitrogens with one attached hydrogen (secondary N) is 2. The second-order valence-corrected chi connectivity index (χ2v) is 6.97. The Hall–Kier alpha value is -3.61. The molecule has 0 aliphatic heterocycles. The summed E-state index contributed by atoms with van der Waals surface area (Å²) < 4.78 is 10.6. The largest absolute Gasteiger partial charge is 0.484 e. The highest BCUT2D eigenvalue weighted by molar-refractivity contribution is 5.96. The van der Waals surface area contributed by atoms with Gasteiger partial charge in [0.1, 0.15) is 11.3 Å². The monoisotopic (exact) mass is 394 g/mol. The summed E-state index contributed by atoms with van der Waals surface area (Å²) in [6.07, 6.45) is 0. The van der Waals surface area contributed by atoms with Gasteiger partial charge in [0, 0.05) is 35.3 Å². The van der Waals surface area contributed by atoms with E-state index in [9.17, 15) is 14.4 Å². The molecule has 2 N–H and O–H groups in total. The zero-order chi connectivity index (χ0) is 20.8. The van der Waals surface area contributed by atoms with Gasteiger partial charge in [-0.25, -0.2) is 4.79 Å². The van der Waals surface area contributed by atoms with Crippen LogP contribution in [0.2, 0.25) is 0 Å². The lowest BCUT2D eigenvalue weighted by Crippen LogP contribution is -2.27. The zero-order valence-corrected chi connectivity index (χ0v) is 16.2.